The molecule has 1 saturated heterocycles. The Labute approximate surface area is 166 Å². The van der Waals surface area contributed by atoms with Crippen molar-refractivity contribution in [2.75, 3.05) is 26.3 Å². The van der Waals surface area contributed by atoms with Crippen LogP contribution in [0.1, 0.15) is 28.8 Å². The van der Waals surface area contributed by atoms with Gasteiger partial charge in [0, 0.05) is 36.8 Å². The predicted molar refractivity (Wildman–Crippen MR) is 99.8 cm³/mol. The first kappa shape index (κ1) is 20.9. The summed E-state index contributed by atoms with van der Waals surface area (Å²) in [5.41, 5.74) is 0.307. The minimum Gasteiger partial charge on any atom is -0.381 e. The molecule has 2 amide bonds. The third-order valence-electron chi connectivity index (χ3n) is 5.06. The number of halogens is 3. The zero-order chi connectivity index (χ0) is 20.9. The number of rotatable bonds is 6. The molecule has 1 aliphatic heterocycles. The number of amides is 2. The van der Waals surface area contributed by atoms with Crippen molar-refractivity contribution in [1.82, 2.24) is 10.6 Å². The highest BCUT2D eigenvalue weighted by molar-refractivity contribution is 5.96. The Bertz CT molecular complexity index is 861. The maximum atomic E-state index is 13.3. The molecule has 1 aliphatic rings. The van der Waals surface area contributed by atoms with Crippen LogP contribution in [-0.2, 0) is 14.9 Å². The first-order chi connectivity index (χ1) is 13.9. The Morgan fingerprint density at radius 1 is 0.897 bits per heavy atom. The highest BCUT2D eigenvalue weighted by Gasteiger charge is 2.34. The second-order valence-electron chi connectivity index (χ2n) is 7.02. The van der Waals surface area contributed by atoms with Crippen molar-refractivity contribution in [3.8, 4) is 0 Å². The van der Waals surface area contributed by atoms with Crippen molar-refractivity contribution < 1.29 is 27.5 Å². The summed E-state index contributed by atoms with van der Waals surface area (Å²) in [6, 6.07) is 8.61. The van der Waals surface area contributed by atoms with Gasteiger partial charge in [0.2, 0.25) is 5.91 Å². The highest BCUT2D eigenvalue weighted by atomic mass is 19.1. The van der Waals surface area contributed by atoms with Gasteiger partial charge in [-0.1, -0.05) is 12.1 Å². The standard InChI is InChI=1S/C21H21F3N2O3/c22-16-3-1-15(2-4-16)21(5-7-29-8-6-21)13-26-19(27)12-25-20(28)14-9-17(23)11-18(24)10-14/h1-4,9-11H,5-8,12-13H2,(H,25,28)(H,26,27). The maximum Gasteiger partial charge on any atom is 0.251 e. The van der Waals surface area contributed by atoms with Crippen LogP contribution in [-0.4, -0.2) is 38.1 Å². The molecule has 29 heavy (non-hydrogen) atoms. The maximum absolute atomic E-state index is 13.3. The molecular formula is C21H21F3N2O3. The fourth-order valence-corrected chi connectivity index (χ4v) is 3.41. The van der Waals surface area contributed by atoms with Gasteiger partial charge < -0.3 is 15.4 Å². The number of ether oxygens (including phenoxy) is 1. The van der Waals surface area contributed by atoms with E-state index in [1.807, 2.05) is 0 Å². The zero-order valence-electron chi connectivity index (χ0n) is 15.6. The molecule has 154 valence electrons. The van der Waals surface area contributed by atoms with E-state index in [0.717, 1.165) is 17.7 Å². The van der Waals surface area contributed by atoms with Crippen molar-refractivity contribution in [2.24, 2.45) is 0 Å². The topological polar surface area (TPSA) is 67.4 Å². The van der Waals surface area contributed by atoms with Gasteiger partial charge in [-0.15, -0.1) is 0 Å². The lowest BCUT2D eigenvalue weighted by atomic mass is 9.74. The summed E-state index contributed by atoms with van der Waals surface area (Å²) >= 11 is 0. The number of benzene rings is 2. The average Bonchev–Trinajstić information content (AvgIpc) is 2.71. The molecule has 2 aromatic rings. The molecule has 5 nitrogen and oxygen atoms in total. The summed E-state index contributed by atoms with van der Waals surface area (Å²) in [5.74, 6) is -3.28. The third-order valence-corrected chi connectivity index (χ3v) is 5.06. The highest BCUT2D eigenvalue weighted by Crippen LogP contribution is 2.34. The van der Waals surface area contributed by atoms with Crippen molar-refractivity contribution in [2.45, 2.75) is 18.3 Å². The lowest BCUT2D eigenvalue weighted by Gasteiger charge is -2.38. The molecule has 2 aromatic carbocycles. The van der Waals surface area contributed by atoms with Crippen molar-refractivity contribution in [1.29, 1.82) is 0 Å². The summed E-state index contributed by atoms with van der Waals surface area (Å²) in [5, 5.41) is 5.13. The van der Waals surface area contributed by atoms with Crippen LogP contribution < -0.4 is 10.6 Å². The van der Waals surface area contributed by atoms with Crippen molar-refractivity contribution in [3.05, 3.63) is 71.0 Å². The van der Waals surface area contributed by atoms with Gasteiger partial charge in [-0.3, -0.25) is 9.59 Å². The molecule has 0 radical (unpaired) electrons. The van der Waals surface area contributed by atoms with E-state index in [2.05, 4.69) is 10.6 Å². The molecule has 0 saturated carbocycles. The van der Waals surface area contributed by atoms with Crippen LogP contribution >= 0.6 is 0 Å². The first-order valence-electron chi connectivity index (χ1n) is 9.23. The fourth-order valence-electron chi connectivity index (χ4n) is 3.41. The zero-order valence-corrected chi connectivity index (χ0v) is 15.6. The molecule has 1 heterocycles. The van der Waals surface area contributed by atoms with Crippen molar-refractivity contribution >= 4 is 11.8 Å². The smallest absolute Gasteiger partial charge is 0.251 e. The molecule has 0 bridgehead atoms. The number of hydrogen-bond acceptors (Lipinski definition) is 3. The third kappa shape index (κ3) is 5.35. The largest absolute Gasteiger partial charge is 0.381 e. The van der Waals surface area contributed by atoms with E-state index in [1.165, 1.54) is 12.1 Å². The van der Waals surface area contributed by atoms with Gasteiger partial charge in [0.15, 0.2) is 0 Å². The van der Waals surface area contributed by atoms with Crippen LogP contribution in [0.25, 0.3) is 0 Å². The second-order valence-corrected chi connectivity index (χ2v) is 7.02. The first-order valence-corrected chi connectivity index (χ1v) is 9.23. The van der Waals surface area contributed by atoms with Gasteiger partial charge in [-0.25, -0.2) is 13.2 Å². The molecule has 8 heteroatoms. The minimum atomic E-state index is -0.875. The Morgan fingerprint density at radius 3 is 2.14 bits per heavy atom. The summed E-state index contributed by atoms with van der Waals surface area (Å²) in [4.78, 5) is 24.2. The fraction of sp³-hybridized carbons (Fsp3) is 0.333. The van der Waals surface area contributed by atoms with Gasteiger partial charge in [0.25, 0.3) is 5.91 Å². The van der Waals surface area contributed by atoms with Crippen LogP contribution in [0.15, 0.2) is 42.5 Å². The summed E-state index contributed by atoms with van der Waals surface area (Å²) in [6.45, 7) is 1.00. The van der Waals surface area contributed by atoms with Gasteiger partial charge >= 0.3 is 0 Å². The molecule has 0 spiro atoms. The van der Waals surface area contributed by atoms with Crippen LogP contribution in [0, 0.1) is 17.5 Å². The summed E-state index contributed by atoms with van der Waals surface area (Å²) in [7, 11) is 0. The molecule has 0 aliphatic carbocycles. The van der Waals surface area contributed by atoms with Gasteiger partial charge in [-0.2, -0.15) is 0 Å². The molecule has 2 N–H and O–H groups in total. The summed E-state index contributed by atoms with van der Waals surface area (Å²) < 4.78 is 45.1. The summed E-state index contributed by atoms with van der Waals surface area (Å²) in [6.07, 6.45) is 1.32. The average molecular weight is 406 g/mol. The van der Waals surface area contributed by atoms with E-state index in [4.69, 9.17) is 4.74 Å². The monoisotopic (exact) mass is 406 g/mol. The molecule has 3 rings (SSSR count). The molecule has 1 fully saturated rings. The van der Waals surface area contributed by atoms with Gasteiger partial charge in [0.1, 0.15) is 17.5 Å². The number of nitrogens with one attached hydrogen (secondary N) is 2. The Hall–Kier alpha value is -2.87. The van der Waals surface area contributed by atoms with Gasteiger partial charge in [-0.05, 0) is 42.7 Å². The van der Waals surface area contributed by atoms with Crippen molar-refractivity contribution in [3.63, 3.8) is 0 Å². The lowest BCUT2D eigenvalue weighted by Crippen LogP contribution is -2.47. The van der Waals surface area contributed by atoms with Gasteiger partial charge in [0.05, 0.1) is 6.54 Å². The van der Waals surface area contributed by atoms with E-state index < -0.39 is 28.9 Å². The Morgan fingerprint density at radius 2 is 1.52 bits per heavy atom. The normalized spacial score (nSPS) is 15.6. The second kappa shape index (κ2) is 9.09. The Balaban J connectivity index is 1.59. The van der Waals surface area contributed by atoms with E-state index in [9.17, 15) is 22.8 Å². The number of hydrogen-bond donors (Lipinski definition) is 2. The van der Waals surface area contributed by atoms with E-state index in [-0.39, 0.29) is 17.9 Å². The lowest BCUT2D eigenvalue weighted by molar-refractivity contribution is -0.120. The van der Waals surface area contributed by atoms with Crippen LogP contribution in [0.3, 0.4) is 0 Å². The quantitative estimate of drug-likeness (QED) is 0.775. The molecule has 0 atom stereocenters. The molecule has 0 unspecified atom stereocenters. The van der Waals surface area contributed by atoms with E-state index >= 15 is 0 Å². The SMILES string of the molecule is O=C(CNC(=O)c1cc(F)cc(F)c1)NCC1(c2ccc(F)cc2)CCOCC1. The predicted octanol–water partition coefficient (Wildman–Crippen LogP) is 2.70. The van der Waals surface area contributed by atoms with Crippen LogP contribution in [0.2, 0.25) is 0 Å². The Kier molecular flexibility index (Phi) is 6.53. The van der Waals surface area contributed by atoms with E-state index in [1.54, 1.807) is 12.1 Å². The van der Waals surface area contributed by atoms with Crippen LogP contribution in [0.5, 0.6) is 0 Å². The number of carbonyl (C=O) groups is 2. The van der Waals surface area contributed by atoms with Crippen LogP contribution in [0.4, 0.5) is 13.2 Å². The van der Waals surface area contributed by atoms with E-state index in [0.29, 0.717) is 38.7 Å². The molecular weight excluding hydrogens is 385 g/mol. The molecule has 0 aromatic heterocycles. The number of carbonyl (C=O) groups excluding carboxylic acids is 2. The minimum absolute atomic E-state index is 0.206.